The molecule has 1 aliphatic rings. The molecule has 8 heteroatoms. The number of aromatic nitrogens is 1. The first-order valence-electron chi connectivity index (χ1n) is 10.6. The minimum atomic E-state index is -0.878. The summed E-state index contributed by atoms with van der Waals surface area (Å²) in [7, 11) is 0. The van der Waals surface area contributed by atoms with E-state index in [9.17, 15) is 14.7 Å². The van der Waals surface area contributed by atoms with Crippen molar-refractivity contribution in [3.05, 3.63) is 94.5 Å². The Morgan fingerprint density at radius 3 is 2.65 bits per heavy atom. The number of thiazole rings is 1. The average molecular weight is 491 g/mol. The van der Waals surface area contributed by atoms with Crippen molar-refractivity contribution in [2.45, 2.75) is 13.0 Å². The number of aliphatic hydroxyl groups excluding tert-OH is 1. The number of ether oxygens (including phenoxy) is 1. The molecule has 1 aliphatic heterocycles. The van der Waals surface area contributed by atoms with Crippen LogP contribution in [0.1, 0.15) is 24.1 Å². The molecule has 0 saturated carbocycles. The van der Waals surface area contributed by atoms with Crippen molar-refractivity contribution in [2.24, 2.45) is 0 Å². The second-order valence-electron chi connectivity index (χ2n) is 7.65. The van der Waals surface area contributed by atoms with Gasteiger partial charge in [-0.3, -0.25) is 14.5 Å². The number of fused-ring (bicyclic) bond motifs is 1. The van der Waals surface area contributed by atoms with Gasteiger partial charge in [-0.05, 0) is 42.8 Å². The second-order valence-corrected chi connectivity index (χ2v) is 9.09. The molecule has 5 rings (SSSR count). The van der Waals surface area contributed by atoms with Crippen molar-refractivity contribution < 1.29 is 19.4 Å². The summed E-state index contributed by atoms with van der Waals surface area (Å²) in [6.45, 7) is 2.34. The third-order valence-electron chi connectivity index (χ3n) is 5.52. The molecule has 0 spiro atoms. The Bertz CT molecular complexity index is 1450. The molecule has 3 aromatic carbocycles. The molecule has 1 N–H and O–H groups in total. The highest BCUT2D eigenvalue weighted by atomic mass is 35.5. The Labute approximate surface area is 204 Å². The molecule has 170 valence electrons. The van der Waals surface area contributed by atoms with E-state index in [-0.39, 0.29) is 11.3 Å². The summed E-state index contributed by atoms with van der Waals surface area (Å²) in [5.74, 6) is -1.17. The van der Waals surface area contributed by atoms with E-state index in [2.05, 4.69) is 4.98 Å². The van der Waals surface area contributed by atoms with Crippen LogP contribution in [-0.2, 0) is 9.59 Å². The lowest BCUT2D eigenvalue weighted by Gasteiger charge is -2.23. The molecule has 1 unspecified atom stereocenters. The summed E-state index contributed by atoms with van der Waals surface area (Å²) in [5, 5.41) is 12.1. The predicted octanol–water partition coefficient (Wildman–Crippen LogP) is 5.97. The summed E-state index contributed by atoms with van der Waals surface area (Å²) in [4.78, 5) is 32.6. The number of Topliss-reactive ketones (excluding diaryl/α,β-unsaturated/α-hetero) is 1. The molecule has 1 fully saturated rings. The first-order valence-corrected chi connectivity index (χ1v) is 11.8. The predicted molar refractivity (Wildman–Crippen MR) is 133 cm³/mol. The van der Waals surface area contributed by atoms with Crippen molar-refractivity contribution in [3.63, 3.8) is 0 Å². The second kappa shape index (κ2) is 8.93. The number of amides is 1. The third kappa shape index (κ3) is 3.83. The van der Waals surface area contributed by atoms with Gasteiger partial charge in [0.2, 0.25) is 0 Å². The van der Waals surface area contributed by atoms with Crippen LogP contribution in [-0.4, -0.2) is 28.4 Å². The van der Waals surface area contributed by atoms with Crippen LogP contribution >= 0.6 is 22.9 Å². The van der Waals surface area contributed by atoms with Gasteiger partial charge in [-0.1, -0.05) is 65.4 Å². The summed E-state index contributed by atoms with van der Waals surface area (Å²) in [6.07, 6.45) is 0. The van der Waals surface area contributed by atoms with E-state index in [0.717, 1.165) is 4.70 Å². The summed E-state index contributed by atoms with van der Waals surface area (Å²) >= 11 is 7.39. The molecule has 0 radical (unpaired) electrons. The molecule has 1 amide bonds. The van der Waals surface area contributed by atoms with Crippen LogP contribution in [0.5, 0.6) is 5.75 Å². The van der Waals surface area contributed by atoms with Gasteiger partial charge in [0.25, 0.3) is 5.78 Å². The van der Waals surface area contributed by atoms with Crippen molar-refractivity contribution in [1.29, 1.82) is 0 Å². The molecule has 0 bridgehead atoms. The Morgan fingerprint density at radius 2 is 1.88 bits per heavy atom. The van der Waals surface area contributed by atoms with E-state index >= 15 is 0 Å². The number of hydrogen-bond acceptors (Lipinski definition) is 6. The Kier molecular flexibility index (Phi) is 5.81. The molecular weight excluding hydrogens is 472 g/mol. The molecule has 6 nitrogen and oxygen atoms in total. The molecule has 34 heavy (non-hydrogen) atoms. The number of aliphatic hydroxyl groups is 1. The number of carbonyl (C=O) groups is 2. The third-order valence-corrected chi connectivity index (χ3v) is 6.77. The van der Waals surface area contributed by atoms with Crippen LogP contribution in [0.3, 0.4) is 0 Å². The van der Waals surface area contributed by atoms with Gasteiger partial charge in [0.1, 0.15) is 11.5 Å². The van der Waals surface area contributed by atoms with E-state index in [1.54, 1.807) is 66.7 Å². The zero-order valence-electron chi connectivity index (χ0n) is 18.1. The number of benzene rings is 3. The highest BCUT2D eigenvalue weighted by Crippen LogP contribution is 2.45. The lowest BCUT2D eigenvalue weighted by Crippen LogP contribution is -2.29. The first kappa shape index (κ1) is 22.1. The van der Waals surface area contributed by atoms with Gasteiger partial charge in [0.05, 0.1) is 28.4 Å². The normalized spacial score (nSPS) is 17.5. The van der Waals surface area contributed by atoms with E-state index in [1.807, 2.05) is 13.0 Å². The van der Waals surface area contributed by atoms with Crippen LogP contribution in [0.25, 0.3) is 16.0 Å². The quantitative estimate of drug-likeness (QED) is 0.211. The van der Waals surface area contributed by atoms with Crippen LogP contribution in [0, 0.1) is 0 Å². The van der Waals surface area contributed by atoms with Crippen LogP contribution in [0.2, 0.25) is 5.02 Å². The lowest BCUT2D eigenvalue weighted by molar-refractivity contribution is -0.132. The number of hydrogen-bond donors (Lipinski definition) is 1. The maximum absolute atomic E-state index is 13.3. The van der Waals surface area contributed by atoms with Gasteiger partial charge in [0, 0.05) is 10.6 Å². The van der Waals surface area contributed by atoms with Crippen LogP contribution in [0.4, 0.5) is 5.13 Å². The monoisotopic (exact) mass is 490 g/mol. The van der Waals surface area contributed by atoms with Crippen molar-refractivity contribution in [3.8, 4) is 5.75 Å². The molecule has 2 heterocycles. The Hall–Kier alpha value is -3.68. The van der Waals surface area contributed by atoms with Crippen molar-refractivity contribution in [2.75, 3.05) is 11.5 Å². The molecule has 1 aromatic heterocycles. The van der Waals surface area contributed by atoms with Gasteiger partial charge in [-0.2, -0.15) is 0 Å². The zero-order valence-corrected chi connectivity index (χ0v) is 19.6. The largest absolute Gasteiger partial charge is 0.507 e. The summed E-state index contributed by atoms with van der Waals surface area (Å²) in [5.41, 5.74) is 1.74. The van der Waals surface area contributed by atoms with Gasteiger partial charge < -0.3 is 9.84 Å². The average Bonchev–Trinajstić information content (AvgIpc) is 3.37. The summed E-state index contributed by atoms with van der Waals surface area (Å²) < 4.78 is 6.43. The van der Waals surface area contributed by atoms with Crippen molar-refractivity contribution in [1.82, 2.24) is 4.98 Å². The fraction of sp³-hybridized carbons (Fsp3) is 0.115. The Morgan fingerprint density at radius 1 is 1.09 bits per heavy atom. The SMILES string of the molecule is CCOc1cccc(C2/C(=C(\O)c3ccccc3)C(=O)C(=O)N2c2nc3ccc(Cl)cc3s2)c1. The smallest absolute Gasteiger partial charge is 0.301 e. The van der Waals surface area contributed by atoms with Gasteiger partial charge >= 0.3 is 5.91 Å². The number of ketones is 1. The zero-order chi connectivity index (χ0) is 23.8. The van der Waals surface area contributed by atoms with E-state index < -0.39 is 17.7 Å². The molecule has 4 aromatic rings. The number of halogens is 1. The van der Waals surface area contributed by atoms with E-state index in [4.69, 9.17) is 16.3 Å². The highest BCUT2D eigenvalue weighted by molar-refractivity contribution is 7.22. The minimum Gasteiger partial charge on any atom is -0.507 e. The minimum absolute atomic E-state index is 0.00198. The molecule has 1 saturated heterocycles. The molecule has 1 atom stereocenters. The number of carbonyl (C=O) groups excluding carboxylic acids is 2. The highest BCUT2D eigenvalue weighted by Gasteiger charge is 2.48. The fourth-order valence-corrected chi connectivity index (χ4v) is 5.30. The van der Waals surface area contributed by atoms with Crippen molar-refractivity contribution >= 4 is 55.7 Å². The maximum Gasteiger partial charge on any atom is 0.301 e. The maximum atomic E-state index is 13.3. The number of rotatable bonds is 5. The Balaban J connectivity index is 1.73. The molecular formula is C26H19ClN2O4S. The van der Waals surface area contributed by atoms with Gasteiger partial charge in [0.15, 0.2) is 5.13 Å². The first-order chi connectivity index (χ1) is 16.5. The standard InChI is InChI=1S/C26H19ClN2O4S/c1-2-33-18-10-6-9-16(13-18)22-21(23(30)15-7-4-3-5-8-15)24(31)25(32)29(22)26-28-19-12-11-17(27)14-20(19)34-26/h3-14,22,30H,2H2,1H3/b23-21+. The topological polar surface area (TPSA) is 79.7 Å². The van der Waals surface area contributed by atoms with Crippen LogP contribution < -0.4 is 9.64 Å². The van der Waals surface area contributed by atoms with Gasteiger partial charge in [-0.15, -0.1) is 0 Å². The van der Waals surface area contributed by atoms with Gasteiger partial charge in [-0.25, -0.2) is 4.98 Å². The molecule has 0 aliphatic carbocycles. The number of nitrogens with zero attached hydrogens (tertiary/aromatic N) is 2. The number of anilines is 1. The van der Waals surface area contributed by atoms with Crippen LogP contribution in [0.15, 0.2) is 78.4 Å². The van der Waals surface area contributed by atoms with E-state index in [1.165, 1.54) is 16.2 Å². The summed E-state index contributed by atoms with van der Waals surface area (Å²) in [6, 6.07) is 20.3. The fourth-order valence-electron chi connectivity index (χ4n) is 4.03. The lowest BCUT2D eigenvalue weighted by atomic mass is 9.95. The van der Waals surface area contributed by atoms with E-state index in [0.29, 0.717) is 39.2 Å².